The van der Waals surface area contributed by atoms with Crippen molar-refractivity contribution < 1.29 is 24.8 Å². The molecule has 1 heterocycles. The molecule has 0 saturated carbocycles. The van der Waals surface area contributed by atoms with Gasteiger partial charge in [-0.15, -0.1) is 0 Å². The molecule has 0 unspecified atom stereocenters. The van der Waals surface area contributed by atoms with Gasteiger partial charge >= 0.3 is 0 Å². The number of hydrogen-bond donors (Lipinski definition) is 3. The number of phenolic OH excluding ortho intramolecular Hbond substituents is 2. The summed E-state index contributed by atoms with van der Waals surface area (Å²) < 4.78 is 10.6. The zero-order valence-electron chi connectivity index (χ0n) is 9.22. The Balaban J connectivity index is 2.27. The molecule has 0 fully saturated rings. The van der Waals surface area contributed by atoms with Crippen LogP contribution in [0, 0.1) is 0 Å². The summed E-state index contributed by atoms with van der Waals surface area (Å²) in [5.74, 6) is 0.0665. The van der Waals surface area contributed by atoms with Gasteiger partial charge in [0.05, 0.1) is 19.8 Å². The maximum atomic E-state index is 9.71. The van der Waals surface area contributed by atoms with E-state index >= 15 is 0 Å². The van der Waals surface area contributed by atoms with Gasteiger partial charge in [-0.1, -0.05) is 0 Å². The summed E-state index contributed by atoms with van der Waals surface area (Å²) >= 11 is 0. The number of fused-ring (bicyclic) bond motifs is 1. The summed E-state index contributed by atoms with van der Waals surface area (Å²) in [7, 11) is 0. The van der Waals surface area contributed by atoms with E-state index in [2.05, 4.69) is 0 Å². The first-order chi connectivity index (χ1) is 8.16. The standard InChI is InChI=1S/C12H14O5/c13-9-1-2-16-7-11-8(5-17-6-9)3-10(14)4-12(11)15/h1,3-4,13-15H,2,5-7H2/b9-1+. The van der Waals surface area contributed by atoms with E-state index in [4.69, 9.17) is 9.47 Å². The lowest BCUT2D eigenvalue weighted by Crippen LogP contribution is -2.06. The summed E-state index contributed by atoms with van der Waals surface area (Å²) in [5, 5.41) is 28.4. The molecule has 0 aliphatic carbocycles. The molecule has 1 aliphatic heterocycles. The zero-order chi connectivity index (χ0) is 12.3. The summed E-state index contributed by atoms with van der Waals surface area (Å²) in [6.45, 7) is 0.724. The fourth-order valence-corrected chi connectivity index (χ4v) is 1.63. The number of ether oxygens (including phenoxy) is 2. The molecule has 5 heteroatoms. The third-order valence-corrected chi connectivity index (χ3v) is 2.49. The average molecular weight is 238 g/mol. The highest BCUT2D eigenvalue weighted by Gasteiger charge is 2.12. The van der Waals surface area contributed by atoms with E-state index in [9.17, 15) is 15.3 Å². The smallest absolute Gasteiger partial charge is 0.125 e. The molecular weight excluding hydrogens is 224 g/mol. The highest BCUT2D eigenvalue weighted by Crippen LogP contribution is 2.28. The van der Waals surface area contributed by atoms with Crippen molar-refractivity contribution in [1.82, 2.24) is 0 Å². The third-order valence-electron chi connectivity index (χ3n) is 2.49. The molecule has 0 radical (unpaired) electrons. The van der Waals surface area contributed by atoms with Crippen LogP contribution in [-0.2, 0) is 22.7 Å². The van der Waals surface area contributed by atoms with E-state index in [0.29, 0.717) is 11.1 Å². The number of hydrogen-bond acceptors (Lipinski definition) is 5. The van der Waals surface area contributed by atoms with Crippen LogP contribution >= 0.6 is 0 Å². The number of aliphatic hydroxyl groups is 1. The van der Waals surface area contributed by atoms with Crippen LogP contribution in [0.1, 0.15) is 11.1 Å². The molecule has 0 saturated heterocycles. The molecule has 0 aromatic heterocycles. The molecule has 0 spiro atoms. The van der Waals surface area contributed by atoms with Gasteiger partial charge in [0.25, 0.3) is 0 Å². The first-order valence-electron chi connectivity index (χ1n) is 5.24. The topological polar surface area (TPSA) is 79.2 Å². The van der Waals surface area contributed by atoms with E-state index in [0.717, 1.165) is 0 Å². The first kappa shape index (κ1) is 11.8. The monoisotopic (exact) mass is 238 g/mol. The highest BCUT2D eigenvalue weighted by atomic mass is 16.5. The molecule has 1 aromatic carbocycles. The van der Waals surface area contributed by atoms with Crippen LogP contribution in [0.25, 0.3) is 0 Å². The number of rotatable bonds is 0. The second-order valence-electron chi connectivity index (χ2n) is 3.81. The Bertz CT molecular complexity index is 439. The van der Waals surface area contributed by atoms with Crippen molar-refractivity contribution in [3.05, 3.63) is 35.1 Å². The molecule has 2 rings (SSSR count). The summed E-state index contributed by atoms with van der Waals surface area (Å²) in [6, 6.07) is 2.78. The van der Waals surface area contributed by atoms with Crippen LogP contribution in [-0.4, -0.2) is 28.5 Å². The lowest BCUT2D eigenvalue weighted by Gasteiger charge is -2.14. The van der Waals surface area contributed by atoms with Gasteiger partial charge in [0.15, 0.2) is 0 Å². The Morgan fingerprint density at radius 1 is 0.941 bits per heavy atom. The molecule has 1 aliphatic rings. The SMILES string of the molecule is O/C1=C/COCc2c(O)cc(O)cc2COC1. The molecule has 5 nitrogen and oxygen atoms in total. The molecule has 0 atom stereocenters. The van der Waals surface area contributed by atoms with Crippen molar-refractivity contribution in [2.75, 3.05) is 13.2 Å². The zero-order valence-corrected chi connectivity index (χ0v) is 9.22. The number of aliphatic hydroxyl groups excluding tert-OH is 1. The number of aromatic hydroxyl groups is 2. The van der Waals surface area contributed by atoms with Gasteiger partial charge in [-0.05, 0) is 17.7 Å². The Labute approximate surface area is 98.5 Å². The van der Waals surface area contributed by atoms with E-state index < -0.39 is 0 Å². The van der Waals surface area contributed by atoms with Crippen LogP contribution < -0.4 is 0 Å². The summed E-state index contributed by atoms with van der Waals surface area (Å²) in [6.07, 6.45) is 1.52. The molecule has 1 aromatic rings. The maximum Gasteiger partial charge on any atom is 0.125 e. The van der Waals surface area contributed by atoms with Crippen LogP contribution in [0.4, 0.5) is 0 Å². The van der Waals surface area contributed by atoms with Crippen molar-refractivity contribution in [3.63, 3.8) is 0 Å². The first-order valence-corrected chi connectivity index (χ1v) is 5.24. The molecule has 0 bridgehead atoms. The lowest BCUT2D eigenvalue weighted by molar-refractivity contribution is 0.0985. The van der Waals surface area contributed by atoms with Crippen LogP contribution in [0.15, 0.2) is 24.0 Å². The fourth-order valence-electron chi connectivity index (χ4n) is 1.63. The van der Waals surface area contributed by atoms with Crippen LogP contribution in [0.2, 0.25) is 0 Å². The van der Waals surface area contributed by atoms with Gasteiger partial charge in [-0.2, -0.15) is 0 Å². The van der Waals surface area contributed by atoms with Gasteiger partial charge < -0.3 is 24.8 Å². The Morgan fingerprint density at radius 3 is 2.59 bits per heavy atom. The predicted octanol–water partition coefficient (Wildman–Crippen LogP) is 1.59. The van der Waals surface area contributed by atoms with Crippen molar-refractivity contribution in [2.24, 2.45) is 0 Å². The second-order valence-corrected chi connectivity index (χ2v) is 3.81. The van der Waals surface area contributed by atoms with Gasteiger partial charge in [-0.25, -0.2) is 0 Å². The molecular formula is C12H14O5. The predicted molar refractivity (Wildman–Crippen MR) is 59.8 cm³/mol. The van der Waals surface area contributed by atoms with Gasteiger partial charge in [-0.3, -0.25) is 0 Å². The minimum atomic E-state index is -0.0262. The van der Waals surface area contributed by atoms with Gasteiger partial charge in [0.1, 0.15) is 23.9 Å². The van der Waals surface area contributed by atoms with Crippen molar-refractivity contribution in [1.29, 1.82) is 0 Å². The quantitative estimate of drug-likeness (QED) is 0.639. The second kappa shape index (κ2) is 5.07. The van der Waals surface area contributed by atoms with E-state index in [1.807, 2.05) is 0 Å². The van der Waals surface area contributed by atoms with E-state index in [1.165, 1.54) is 18.2 Å². The van der Waals surface area contributed by atoms with E-state index in [1.54, 1.807) is 0 Å². The van der Waals surface area contributed by atoms with Crippen molar-refractivity contribution >= 4 is 0 Å². The minimum Gasteiger partial charge on any atom is -0.510 e. The van der Waals surface area contributed by atoms with Crippen LogP contribution in [0.3, 0.4) is 0 Å². The van der Waals surface area contributed by atoms with Crippen LogP contribution in [0.5, 0.6) is 11.5 Å². The highest BCUT2D eigenvalue weighted by molar-refractivity contribution is 5.44. The Hall–Kier alpha value is -1.72. The molecule has 17 heavy (non-hydrogen) atoms. The number of benzene rings is 1. The maximum absolute atomic E-state index is 9.71. The molecule has 92 valence electrons. The minimum absolute atomic E-state index is 0.0163. The Morgan fingerprint density at radius 2 is 1.76 bits per heavy atom. The fraction of sp³-hybridized carbons (Fsp3) is 0.333. The third kappa shape index (κ3) is 2.89. The summed E-state index contributed by atoms with van der Waals surface area (Å²) in [4.78, 5) is 0. The summed E-state index contributed by atoms with van der Waals surface area (Å²) in [5.41, 5.74) is 1.25. The van der Waals surface area contributed by atoms with Crippen molar-refractivity contribution in [2.45, 2.75) is 13.2 Å². The molecule has 0 amide bonds. The lowest BCUT2D eigenvalue weighted by atomic mass is 10.1. The largest absolute Gasteiger partial charge is 0.510 e. The molecule has 3 N–H and O–H groups in total. The Kier molecular flexibility index (Phi) is 3.51. The van der Waals surface area contributed by atoms with Gasteiger partial charge in [0, 0.05) is 11.6 Å². The van der Waals surface area contributed by atoms with Gasteiger partial charge in [0.2, 0.25) is 0 Å². The normalized spacial score (nSPS) is 20.1. The number of phenols is 2. The average Bonchev–Trinajstić information content (AvgIpc) is 2.26. The van der Waals surface area contributed by atoms with Crippen molar-refractivity contribution in [3.8, 4) is 11.5 Å². The van der Waals surface area contributed by atoms with E-state index in [-0.39, 0.29) is 43.7 Å².